The number of benzene rings is 3. The van der Waals surface area contributed by atoms with Gasteiger partial charge in [0.1, 0.15) is 5.82 Å². The zero-order valence-corrected chi connectivity index (χ0v) is 25.9. The van der Waals surface area contributed by atoms with Crippen molar-refractivity contribution in [1.82, 2.24) is 15.3 Å². The number of nitrogens with one attached hydrogen (secondary N) is 5. The largest absolute Gasteiger partial charge is 0.370 e. The number of alkyl halides is 2. The number of halogens is 5. The highest BCUT2D eigenvalue weighted by Gasteiger charge is 2.14. The van der Waals surface area contributed by atoms with E-state index in [2.05, 4.69) is 25.9 Å². The molecule has 1 aromatic heterocycles. The summed E-state index contributed by atoms with van der Waals surface area (Å²) in [7, 11) is 0. The summed E-state index contributed by atoms with van der Waals surface area (Å²) in [5.41, 5.74) is 9.65. The van der Waals surface area contributed by atoms with E-state index in [1.165, 1.54) is 0 Å². The number of anilines is 3. The summed E-state index contributed by atoms with van der Waals surface area (Å²) in [5, 5.41) is 15.7. The Kier molecular flexibility index (Phi) is 13.5. The summed E-state index contributed by atoms with van der Waals surface area (Å²) in [6.07, 6.45) is 0. The fourth-order valence-electron chi connectivity index (χ4n) is 4.01. The summed E-state index contributed by atoms with van der Waals surface area (Å²) in [4.78, 5) is 34.9. The van der Waals surface area contributed by atoms with E-state index in [4.69, 9.17) is 45.9 Å². The second-order valence-corrected chi connectivity index (χ2v) is 9.86. The molecule has 4 rings (SSSR count). The molecule has 0 atom stereocenters. The number of nitrogens with zero attached hydrogens (tertiary/aromatic N) is 2. The second-order valence-electron chi connectivity index (χ2n) is 8.70. The van der Waals surface area contributed by atoms with Crippen LogP contribution in [0.5, 0.6) is 0 Å². The number of hydrogen-bond donors (Lipinski definition) is 6. The van der Waals surface area contributed by atoms with Crippen LogP contribution >= 0.6 is 59.6 Å². The van der Waals surface area contributed by atoms with Gasteiger partial charge in [-0.3, -0.25) is 15.0 Å². The topological polar surface area (TPSA) is 152 Å². The Labute approximate surface area is 270 Å². The number of H-pyrrole nitrogens is 1. The van der Waals surface area contributed by atoms with Crippen LogP contribution in [0.15, 0.2) is 60.7 Å². The van der Waals surface area contributed by atoms with E-state index in [9.17, 15) is 9.59 Å². The smallest absolute Gasteiger partial charge is 0.255 e. The van der Waals surface area contributed by atoms with Crippen molar-refractivity contribution >= 4 is 105 Å². The Balaban J connectivity index is 0.00000308. The molecule has 42 heavy (non-hydrogen) atoms. The van der Waals surface area contributed by atoms with Crippen molar-refractivity contribution in [2.45, 2.75) is 0 Å². The zero-order chi connectivity index (χ0) is 28.6. The number of carbonyl (C=O) groups is 2. The zero-order valence-electron chi connectivity index (χ0n) is 22.0. The molecule has 0 aliphatic heterocycles. The van der Waals surface area contributed by atoms with Crippen LogP contribution in [0.1, 0.15) is 10.4 Å². The highest BCUT2D eigenvalue weighted by molar-refractivity contribution is 6.33. The fourth-order valence-corrected chi connectivity index (χ4v) is 4.72. The number of rotatable bonds is 11. The van der Waals surface area contributed by atoms with Gasteiger partial charge < -0.3 is 31.6 Å². The molecule has 7 N–H and O–H groups in total. The van der Waals surface area contributed by atoms with Gasteiger partial charge in [-0.2, -0.15) is 0 Å². The number of aromatic amines is 1. The number of guanidine groups is 1. The van der Waals surface area contributed by atoms with Crippen LogP contribution in [-0.4, -0.2) is 59.1 Å². The molecule has 0 unspecified atom stereocenters. The van der Waals surface area contributed by atoms with Gasteiger partial charge in [-0.1, -0.05) is 23.7 Å². The summed E-state index contributed by atoms with van der Waals surface area (Å²) in [6, 6.07) is 17.6. The first-order valence-electron chi connectivity index (χ1n) is 12.2. The van der Waals surface area contributed by atoms with Crippen molar-refractivity contribution in [2.24, 2.45) is 5.73 Å². The van der Waals surface area contributed by atoms with Gasteiger partial charge in [0.2, 0.25) is 5.91 Å². The highest BCUT2D eigenvalue weighted by Crippen LogP contribution is 2.30. The van der Waals surface area contributed by atoms with Gasteiger partial charge in [-0.25, -0.2) is 4.98 Å². The first kappa shape index (κ1) is 34.8. The molecule has 0 fully saturated rings. The summed E-state index contributed by atoms with van der Waals surface area (Å²) >= 11 is 18.3. The van der Waals surface area contributed by atoms with E-state index in [0.717, 1.165) is 16.8 Å². The maximum Gasteiger partial charge on any atom is 0.255 e. The lowest BCUT2D eigenvalue weighted by molar-refractivity contribution is -0.115. The van der Waals surface area contributed by atoms with Crippen molar-refractivity contribution < 1.29 is 9.59 Å². The van der Waals surface area contributed by atoms with Crippen molar-refractivity contribution in [1.29, 1.82) is 5.41 Å². The molecule has 4 aromatic rings. The Morgan fingerprint density at radius 3 is 2.33 bits per heavy atom. The van der Waals surface area contributed by atoms with E-state index in [-0.39, 0.29) is 49.1 Å². The van der Waals surface area contributed by atoms with Crippen molar-refractivity contribution in [3.8, 4) is 11.4 Å². The molecule has 0 radical (unpaired) electrons. The lowest BCUT2D eigenvalue weighted by Gasteiger charge is -2.24. The Morgan fingerprint density at radius 1 is 0.952 bits per heavy atom. The maximum absolute atomic E-state index is 13.0. The van der Waals surface area contributed by atoms with Crippen LogP contribution in [0.4, 0.5) is 17.1 Å². The van der Waals surface area contributed by atoms with Gasteiger partial charge in [-0.05, 0) is 48.5 Å². The lowest BCUT2D eigenvalue weighted by Crippen LogP contribution is -2.36. The van der Waals surface area contributed by atoms with Crippen molar-refractivity contribution in [3.63, 3.8) is 0 Å². The second kappa shape index (κ2) is 16.3. The molecular formula is C27H29Cl5N8O2. The Morgan fingerprint density at radius 2 is 1.67 bits per heavy atom. The molecule has 0 aliphatic rings. The highest BCUT2D eigenvalue weighted by atomic mass is 35.5. The van der Waals surface area contributed by atoms with Gasteiger partial charge >= 0.3 is 0 Å². The molecule has 0 spiro atoms. The number of imidazole rings is 1. The van der Waals surface area contributed by atoms with Gasteiger partial charge in [0.25, 0.3) is 5.91 Å². The van der Waals surface area contributed by atoms with Crippen LogP contribution in [-0.2, 0) is 4.79 Å². The van der Waals surface area contributed by atoms with Gasteiger partial charge in [0, 0.05) is 47.4 Å². The van der Waals surface area contributed by atoms with Gasteiger partial charge in [-0.15, -0.1) is 48.0 Å². The minimum atomic E-state index is -0.341. The van der Waals surface area contributed by atoms with Crippen molar-refractivity contribution in [2.75, 3.05) is 46.9 Å². The molecule has 0 aliphatic carbocycles. The van der Waals surface area contributed by atoms with Crippen molar-refractivity contribution in [3.05, 3.63) is 71.2 Å². The van der Waals surface area contributed by atoms with Crippen LogP contribution in [0.3, 0.4) is 0 Å². The average Bonchev–Trinajstić information content (AvgIpc) is 3.36. The molecular weight excluding hydrogens is 646 g/mol. The standard InChI is InChI=1S/C27H27Cl3N8O2.2ClH/c28-8-10-38(11-9-29)23-7-5-19(14-20(23)30)35-26(40)17-4-6-21-22(13-17)37-25(36-21)16-2-1-3-18(12-16)34-24(39)15-33-27(31)32;;/h1-7,12-14H,8-11,15H2,(H,34,39)(H,35,40)(H,36,37)(H4,31,32,33);2*1H. The number of fused-ring (bicyclic) bond motifs is 1. The molecule has 0 bridgehead atoms. The Bertz CT molecular complexity index is 1540. The van der Waals surface area contributed by atoms with E-state index >= 15 is 0 Å². The quantitative estimate of drug-likeness (QED) is 0.0684. The fraction of sp³-hybridized carbons (Fsp3) is 0.185. The molecule has 10 nitrogen and oxygen atoms in total. The summed E-state index contributed by atoms with van der Waals surface area (Å²) in [6.45, 7) is 1.08. The minimum Gasteiger partial charge on any atom is -0.370 e. The van der Waals surface area contributed by atoms with Crippen LogP contribution in [0.25, 0.3) is 22.4 Å². The predicted molar refractivity (Wildman–Crippen MR) is 178 cm³/mol. The van der Waals surface area contributed by atoms with E-state index in [0.29, 0.717) is 58.2 Å². The Hall–Kier alpha value is -3.41. The molecule has 3 aromatic carbocycles. The van der Waals surface area contributed by atoms with Crippen LogP contribution < -0.4 is 26.6 Å². The first-order chi connectivity index (χ1) is 19.3. The molecule has 1 heterocycles. The summed E-state index contributed by atoms with van der Waals surface area (Å²) < 4.78 is 0. The van der Waals surface area contributed by atoms with Crippen LogP contribution in [0.2, 0.25) is 5.02 Å². The molecule has 0 saturated heterocycles. The SMILES string of the molecule is Cl.Cl.N=C(N)NCC(=O)Nc1cccc(-c2nc3cc(C(=O)Nc4ccc(N(CCCl)CCCl)c(Cl)c4)ccc3[nH]2)c1. The average molecular weight is 675 g/mol. The monoisotopic (exact) mass is 672 g/mol. The maximum atomic E-state index is 13.0. The van der Waals surface area contributed by atoms with E-state index in [1.807, 2.05) is 17.0 Å². The predicted octanol–water partition coefficient (Wildman–Crippen LogP) is 5.68. The molecule has 0 saturated carbocycles. The van der Waals surface area contributed by atoms with E-state index < -0.39 is 0 Å². The van der Waals surface area contributed by atoms with Gasteiger partial charge in [0.15, 0.2) is 5.96 Å². The number of carbonyl (C=O) groups excluding carboxylic acids is 2. The normalized spacial score (nSPS) is 10.3. The lowest BCUT2D eigenvalue weighted by atomic mass is 10.1. The van der Waals surface area contributed by atoms with E-state index in [1.54, 1.807) is 48.5 Å². The third-order valence-corrected chi connectivity index (χ3v) is 6.50. The first-order valence-corrected chi connectivity index (χ1v) is 13.7. The van der Waals surface area contributed by atoms with Crippen LogP contribution in [0, 0.1) is 5.41 Å². The van der Waals surface area contributed by atoms with Gasteiger partial charge in [0.05, 0.1) is 28.3 Å². The third kappa shape index (κ3) is 9.04. The molecule has 2 amide bonds. The third-order valence-electron chi connectivity index (χ3n) is 5.86. The number of aromatic nitrogens is 2. The molecule has 15 heteroatoms. The summed E-state index contributed by atoms with van der Waals surface area (Å²) in [5.74, 6) is 0.513. The minimum absolute atomic E-state index is 0. The number of hydrogen-bond acceptors (Lipinski definition) is 5. The number of nitrogens with two attached hydrogens (primary N) is 1. The molecule has 224 valence electrons. The number of amides is 2.